The predicted molar refractivity (Wildman–Crippen MR) is 126 cm³/mol. The number of benzene rings is 2. The number of carboxylic acids is 1. The first-order valence-electron chi connectivity index (χ1n) is 10.7. The van der Waals surface area contributed by atoms with Gasteiger partial charge in [0.25, 0.3) is 10.0 Å². The molecule has 9 nitrogen and oxygen atoms in total. The van der Waals surface area contributed by atoms with Crippen LogP contribution in [0, 0.1) is 20.8 Å². The van der Waals surface area contributed by atoms with E-state index < -0.39 is 16.0 Å². The number of carbonyl (C=O) groups excluding carboxylic acids is 1. The van der Waals surface area contributed by atoms with E-state index in [2.05, 4.69) is 4.72 Å². The molecule has 0 aromatic heterocycles. The summed E-state index contributed by atoms with van der Waals surface area (Å²) in [5, 5.41) is 9.78. The predicted octanol–water partition coefficient (Wildman–Crippen LogP) is 3.39. The number of hydrogen-bond donors (Lipinski definition) is 2. The van der Waals surface area contributed by atoms with Crippen LogP contribution in [0.25, 0.3) is 0 Å². The standard InChI is InChI=1S/C23H29N3O6S/c1-5-32-23(29)26-10-8-25(9-11-26)20-7-6-18(14-19(20)22(27)28)24-33(30,31)21-16(3)12-15(2)13-17(21)4/h6-7,12-14,24H,5,8-11H2,1-4H3,(H,27,28). The largest absolute Gasteiger partial charge is 0.478 e. The van der Waals surface area contributed by atoms with Gasteiger partial charge in [0.05, 0.1) is 22.8 Å². The Balaban J connectivity index is 1.84. The first-order valence-corrected chi connectivity index (χ1v) is 12.2. The van der Waals surface area contributed by atoms with Gasteiger partial charge in [-0.15, -0.1) is 0 Å². The van der Waals surface area contributed by atoms with Crippen molar-refractivity contribution in [1.29, 1.82) is 0 Å². The molecule has 10 heteroatoms. The molecule has 0 atom stereocenters. The van der Waals surface area contributed by atoms with E-state index in [0.717, 1.165) is 5.56 Å². The van der Waals surface area contributed by atoms with E-state index in [0.29, 0.717) is 49.6 Å². The van der Waals surface area contributed by atoms with Gasteiger partial charge in [-0.3, -0.25) is 4.72 Å². The number of nitrogens with one attached hydrogen (secondary N) is 1. The normalized spacial score (nSPS) is 14.2. The molecule has 2 aromatic carbocycles. The molecule has 3 rings (SSSR count). The molecular formula is C23H29N3O6S. The van der Waals surface area contributed by atoms with E-state index in [1.807, 2.05) is 11.8 Å². The maximum absolute atomic E-state index is 13.1. The Morgan fingerprint density at radius 1 is 1.03 bits per heavy atom. The van der Waals surface area contributed by atoms with Crippen LogP contribution in [0.3, 0.4) is 0 Å². The molecule has 1 aliphatic heterocycles. The van der Waals surface area contributed by atoms with E-state index in [1.165, 1.54) is 6.07 Å². The molecule has 2 N–H and O–H groups in total. The zero-order valence-electron chi connectivity index (χ0n) is 19.2. The molecule has 1 aliphatic rings. The molecule has 2 aromatic rings. The third-order valence-corrected chi connectivity index (χ3v) is 7.18. The third kappa shape index (κ3) is 5.39. The summed E-state index contributed by atoms with van der Waals surface area (Å²) in [7, 11) is -3.91. The van der Waals surface area contributed by atoms with Crippen molar-refractivity contribution in [3.05, 3.63) is 52.6 Å². The topological polar surface area (TPSA) is 116 Å². The van der Waals surface area contributed by atoms with Crippen LogP contribution in [-0.2, 0) is 14.8 Å². The fraction of sp³-hybridized carbons (Fsp3) is 0.391. The van der Waals surface area contributed by atoms with Crippen molar-refractivity contribution in [1.82, 2.24) is 4.90 Å². The van der Waals surface area contributed by atoms with Crippen molar-refractivity contribution in [2.45, 2.75) is 32.6 Å². The fourth-order valence-electron chi connectivity index (χ4n) is 4.19. The lowest BCUT2D eigenvalue weighted by Crippen LogP contribution is -2.49. The number of ether oxygens (including phenoxy) is 1. The Hall–Kier alpha value is -3.27. The van der Waals surface area contributed by atoms with Gasteiger partial charge in [-0.25, -0.2) is 18.0 Å². The molecule has 0 spiro atoms. The quantitative estimate of drug-likeness (QED) is 0.658. The molecule has 0 unspecified atom stereocenters. The summed E-state index contributed by atoms with van der Waals surface area (Å²) in [6.45, 7) is 9.07. The highest BCUT2D eigenvalue weighted by molar-refractivity contribution is 7.92. The van der Waals surface area contributed by atoms with E-state index >= 15 is 0 Å². The number of hydrogen-bond acceptors (Lipinski definition) is 6. The average Bonchev–Trinajstić information content (AvgIpc) is 2.72. The summed E-state index contributed by atoms with van der Waals surface area (Å²) >= 11 is 0. The van der Waals surface area contributed by atoms with E-state index in [4.69, 9.17) is 4.74 Å². The molecule has 1 fully saturated rings. The molecule has 1 saturated heterocycles. The summed E-state index contributed by atoms with van der Waals surface area (Å²) < 4.78 is 33.6. The molecule has 1 amide bonds. The number of nitrogens with zero attached hydrogens (tertiary/aromatic N) is 2. The maximum Gasteiger partial charge on any atom is 0.409 e. The zero-order chi connectivity index (χ0) is 24.3. The summed E-state index contributed by atoms with van der Waals surface area (Å²) in [6.07, 6.45) is -0.387. The van der Waals surface area contributed by atoms with Crippen LogP contribution in [0.1, 0.15) is 34.0 Å². The number of sulfonamides is 1. The summed E-state index contributed by atoms with van der Waals surface area (Å²) in [5.74, 6) is -1.17. The summed E-state index contributed by atoms with van der Waals surface area (Å²) in [5.41, 5.74) is 2.82. The highest BCUT2D eigenvalue weighted by atomic mass is 32.2. The van der Waals surface area contributed by atoms with E-state index in [1.54, 1.807) is 49.9 Å². The van der Waals surface area contributed by atoms with Crippen molar-refractivity contribution in [3.8, 4) is 0 Å². The molecule has 1 heterocycles. The summed E-state index contributed by atoms with van der Waals surface area (Å²) in [4.78, 5) is 27.5. The van der Waals surface area contributed by atoms with E-state index in [9.17, 15) is 23.1 Å². The lowest BCUT2D eigenvalue weighted by molar-refractivity contribution is 0.0696. The minimum Gasteiger partial charge on any atom is -0.478 e. The Bertz CT molecular complexity index is 1150. The number of aromatic carboxylic acids is 1. The number of rotatable bonds is 6. The van der Waals surface area contributed by atoms with Crippen LogP contribution in [0.15, 0.2) is 35.2 Å². The van der Waals surface area contributed by atoms with Crippen LogP contribution in [-0.4, -0.2) is 63.3 Å². The Kier molecular flexibility index (Phi) is 7.16. The molecular weight excluding hydrogens is 446 g/mol. The SMILES string of the molecule is CCOC(=O)N1CCN(c2ccc(NS(=O)(=O)c3c(C)cc(C)cc3C)cc2C(=O)O)CC1. The number of piperazine rings is 1. The zero-order valence-corrected chi connectivity index (χ0v) is 20.0. The Morgan fingerprint density at radius 3 is 2.18 bits per heavy atom. The lowest BCUT2D eigenvalue weighted by Gasteiger charge is -2.36. The smallest absolute Gasteiger partial charge is 0.409 e. The molecule has 178 valence electrons. The van der Waals surface area contributed by atoms with Crippen molar-refractivity contribution in [2.24, 2.45) is 0 Å². The van der Waals surface area contributed by atoms with Gasteiger partial charge in [-0.05, 0) is 57.0 Å². The highest BCUT2D eigenvalue weighted by Gasteiger charge is 2.26. The van der Waals surface area contributed by atoms with Crippen LogP contribution >= 0.6 is 0 Å². The van der Waals surface area contributed by atoms with Crippen molar-refractivity contribution in [3.63, 3.8) is 0 Å². The van der Waals surface area contributed by atoms with Crippen LogP contribution in [0.4, 0.5) is 16.2 Å². The molecule has 0 saturated carbocycles. The van der Waals surface area contributed by atoms with Gasteiger partial charge in [0.2, 0.25) is 0 Å². The van der Waals surface area contributed by atoms with Crippen molar-refractivity contribution in [2.75, 3.05) is 42.4 Å². The van der Waals surface area contributed by atoms with Crippen molar-refractivity contribution < 1.29 is 27.9 Å². The van der Waals surface area contributed by atoms with Gasteiger partial charge in [-0.2, -0.15) is 0 Å². The molecule has 0 aliphatic carbocycles. The average molecular weight is 476 g/mol. The number of carbonyl (C=O) groups is 2. The van der Waals surface area contributed by atoms with Gasteiger partial charge in [-0.1, -0.05) is 17.7 Å². The maximum atomic E-state index is 13.1. The number of aryl methyl sites for hydroxylation is 3. The van der Waals surface area contributed by atoms with Gasteiger partial charge >= 0.3 is 12.1 Å². The highest BCUT2D eigenvalue weighted by Crippen LogP contribution is 2.29. The molecule has 33 heavy (non-hydrogen) atoms. The van der Waals surface area contributed by atoms with Crippen LogP contribution in [0.5, 0.6) is 0 Å². The lowest BCUT2D eigenvalue weighted by atomic mass is 10.1. The number of carboxylic acid groups (broad SMARTS) is 1. The number of anilines is 2. The van der Waals surface area contributed by atoms with Gasteiger partial charge in [0, 0.05) is 31.9 Å². The first-order chi connectivity index (χ1) is 15.5. The van der Waals surface area contributed by atoms with E-state index in [-0.39, 0.29) is 22.2 Å². The second-order valence-electron chi connectivity index (χ2n) is 8.04. The van der Waals surface area contributed by atoms with Gasteiger partial charge in [0.15, 0.2) is 0 Å². The monoisotopic (exact) mass is 475 g/mol. The molecule has 0 radical (unpaired) electrons. The fourth-order valence-corrected chi connectivity index (χ4v) is 5.69. The Morgan fingerprint density at radius 2 is 1.64 bits per heavy atom. The van der Waals surface area contributed by atoms with Gasteiger partial charge < -0.3 is 19.6 Å². The van der Waals surface area contributed by atoms with Crippen LogP contribution < -0.4 is 9.62 Å². The molecule has 0 bridgehead atoms. The second kappa shape index (κ2) is 9.70. The Labute approximate surface area is 194 Å². The van der Waals surface area contributed by atoms with Crippen LogP contribution in [0.2, 0.25) is 0 Å². The van der Waals surface area contributed by atoms with Gasteiger partial charge in [0.1, 0.15) is 0 Å². The minimum atomic E-state index is -3.91. The first kappa shape index (κ1) is 24.4. The summed E-state index contributed by atoms with van der Waals surface area (Å²) in [6, 6.07) is 8.06. The third-order valence-electron chi connectivity index (χ3n) is 5.50. The minimum absolute atomic E-state index is 0.0165. The van der Waals surface area contributed by atoms with Crippen molar-refractivity contribution >= 4 is 33.5 Å². The number of amides is 1. The second-order valence-corrected chi connectivity index (χ2v) is 9.66.